The van der Waals surface area contributed by atoms with E-state index in [0.29, 0.717) is 0 Å². The van der Waals surface area contributed by atoms with E-state index in [1.165, 1.54) is 43.4 Å². The molecule has 0 heterocycles. The van der Waals surface area contributed by atoms with Crippen LogP contribution in [0, 0.1) is 12.8 Å². The lowest BCUT2D eigenvalue weighted by atomic mass is 10.1. The summed E-state index contributed by atoms with van der Waals surface area (Å²) in [5, 5.41) is 3.57. The second-order valence-electron chi connectivity index (χ2n) is 5.09. The molecule has 0 saturated heterocycles. The second kappa shape index (κ2) is 6.06. The fraction of sp³-hybridized carbons (Fsp3) is 0.600. The fourth-order valence-electron chi connectivity index (χ4n) is 2.69. The Morgan fingerprint density at radius 2 is 2.06 bits per heavy atom. The molecule has 0 aromatic heterocycles. The summed E-state index contributed by atoms with van der Waals surface area (Å²) in [6.45, 7) is 4.24. The van der Waals surface area contributed by atoms with E-state index in [2.05, 4.69) is 30.4 Å². The summed E-state index contributed by atoms with van der Waals surface area (Å²) in [5.74, 6) is 1.89. The quantitative estimate of drug-likeness (QED) is 0.842. The van der Waals surface area contributed by atoms with Crippen LogP contribution in [0.2, 0.25) is 0 Å². The molecule has 0 bridgehead atoms. The summed E-state index contributed by atoms with van der Waals surface area (Å²) in [7, 11) is 1.72. The molecule has 1 aliphatic carbocycles. The van der Waals surface area contributed by atoms with Crippen molar-refractivity contribution in [2.24, 2.45) is 5.92 Å². The van der Waals surface area contributed by atoms with Crippen LogP contribution >= 0.6 is 0 Å². The Kier molecular flexibility index (Phi) is 4.43. The molecule has 0 spiro atoms. The lowest BCUT2D eigenvalue weighted by Gasteiger charge is -2.11. The summed E-state index contributed by atoms with van der Waals surface area (Å²) in [4.78, 5) is 0. The first-order valence-electron chi connectivity index (χ1n) is 6.64. The number of rotatable bonds is 5. The van der Waals surface area contributed by atoms with Crippen LogP contribution in [0.1, 0.15) is 36.8 Å². The van der Waals surface area contributed by atoms with Crippen LogP contribution in [0.4, 0.5) is 0 Å². The molecule has 94 valence electrons. The molecular weight excluding hydrogens is 210 g/mol. The van der Waals surface area contributed by atoms with Crippen LogP contribution in [0.15, 0.2) is 18.2 Å². The maximum Gasteiger partial charge on any atom is 0.121 e. The van der Waals surface area contributed by atoms with Gasteiger partial charge in [-0.1, -0.05) is 25.0 Å². The molecule has 0 radical (unpaired) electrons. The van der Waals surface area contributed by atoms with E-state index in [4.69, 9.17) is 4.74 Å². The number of methoxy groups -OCH3 is 1. The Balaban J connectivity index is 1.80. The zero-order valence-electron chi connectivity index (χ0n) is 11.0. The third-order valence-electron chi connectivity index (χ3n) is 3.70. The molecule has 1 fully saturated rings. The zero-order valence-corrected chi connectivity index (χ0v) is 11.0. The van der Waals surface area contributed by atoms with Gasteiger partial charge in [-0.05, 0) is 49.4 Å². The van der Waals surface area contributed by atoms with Gasteiger partial charge in [0.15, 0.2) is 0 Å². The normalized spacial score (nSPS) is 16.4. The second-order valence-corrected chi connectivity index (χ2v) is 5.09. The van der Waals surface area contributed by atoms with Crippen LogP contribution in [-0.4, -0.2) is 13.7 Å². The summed E-state index contributed by atoms with van der Waals surface area (Å²) >= 11 is 0. The van der Waals surface area contributed by atoms with Gasteiger partial charge in [0.25, 0.3) is 0 Å². The number of nitrogens with one attached hydrogen (secondary N) is 1. The van der Waals surface area contributed by atoms with Gasteiger partial charge in [0.05, 0.1) is 7.11 Å². The van der Waals surface area contributed by atoms with Crippen molar-refractivity contribution in [2.45, 2.75) is 39.2 Å². The van der Waals surface area contributed by atoms with Gasteiger partial charge in [0.1, 0.15) is 5.75 Å². The molecule has 1 N–H and O–H groups in total. The summed E-state index contributed by atoms with van der Waals surface area (Å²) in [6, 6.07) is 6.41. The Morgan fingerprint density at radius 3 is 2.71 bits per heavy atom. The van der Waals surface area contributed by atoms with Crippen molar-refractivity contribution >= 4 is 0 Å². The van der Waals surface area contributed by atoms with Gasteiger partial charge >= 0.3 is 0 Å². The van der Waals surface area contributed by atoms with Gasteiger partial charge in [0.2, 0.25) is 0 Å². The van der Waals surface area contributed by atoms with Crippen molar-refractivity contribution in [1.29, 1.82) is 0 Å². The minimum atomic E-state index is 0.911. The van der Waals surface area contributed by atoms with E-state index in [1.807, 2.05) is 0 Å². The number of hydrogen-bond acceptors (Lipinski definition) is 2. The van der Waals surface area contributed by atoms with Crippen LogP contribution < -0.4 is 10.1 Å². The highest BCUT2D eigenvalue weighted by Crippen LogP contribution is 2.24. The lowest BCUT2D eigenvalue weighted by molar-refractivity contribution is 0.411. The van der Waals surface area contributed by atoms with E-state index >= 15 is 0 Å². The van der Waals surface area contributed by atoms with E-state index < -0.39 is 0 Å². The predicted molar refractivity (Wildman–Crippen MR) is 71.4 cm³/mol. The van der Waals surface area contributed by atoms with Crippen molar-refractivity contribution in [2.75, 3.05) is 13.7 Å². The molecule has 17 heavy (non-hydrogen) atoms. The third kappa shape index (κ3) is 3.47. The van der Waals surface area contributed by atoms with Crippen LogP contribution in [0.5, 0.6) is 5.75 Å². The molecule has 1 aromatic rings. The van der Waals surface area contributed by atoms with Crippen LogP contribution in [0.25, 0.3) is 0 Å². The molecule has 2 heteroatoms. The predicted octanol–water partition coefficient (Wildman–Crippen LogP) is 3.28. The molecule has 1 saturated carbocycles. The minimum absolute atomic E-state index is 0.911. The van der Waals surface area contributed by atoms with E-state index in [1.54, 1.807) is 7.11 Å². The standard InChI is InChI=1S/C15H23NO/c1-12-9-14(7-8-15(12)17-2)11-16-10-13-5-3-4-6-13/h7-9,13,16H,3-6,10-11H2,1-2H3. The highest BCUT2D eigenvalue weighted by atomic mass is 16.5. The number of ether oxygens (including phenoxy) is 1. The molecule has 2 rings (SSSR count). The molecule has 0 aliphatic heterocycles. The Bertz CT molecular complexity index is 356. The molecular formula is C15H23NO. The number of aryl methyl sites for hydroxylation is 1. The number of hydrogen-bond donors (Lipinski definition) is 1. The first-order valence-corrected chi connectivity index (χ1v) is 6.64. The average molecular weight is 233 g/mol. The van der Waals surface area contributed by atoms with Crippen molar-refractivity contribution in [3.8, 4) is 5.75 Å². The van der Waals surface area contributed by atoms with Crippen molar-refractivity contribution < 1.29 is 4.74 Å². The molecule has 2 nitrogen and oxygen atoms in total. The van der Waals surface area contributed by atoms with Gasteiger partial charge in [-0.2, -0.15) is 0 Å². The van der Waals surface area contributed by atoms with E-state index in [0.717, 1.165) is 18.2 Å². The SMILES string of the molecule is COc1ccc(CNCC2CCCC2)cc1C. The van der Waals surface area contributed by atoms with E-state index in [9.17, 15) is 0 Å². The molecule has 1 aromatic carbocycles. The highest BCUT2D eigenvalue weighted by Gasteiger charge is 2.13. The minimum Gasteiger partial charge on any atom is -0.496 e. The summed E-state index contributed by atoms with van der Waals surface area (Å²) in [5.41, 5.74) is 2.56. The Labute approximate surface area is 104 Å². The Hall–Kier alpha value is -1.02. The van der Waals surface area contributed by atoms with Crippen LogP contribution in [-0.2, 0) is 6.54 Å². The van der Waals surface area contributed by atoms with Crippen molar-refractivity contribution in [3.63, 3.8) is 0 Å². The molecule has 1 aliphatic rings. The van der Waals surface area contributed by atoms with Crippen molar-refractivity contribution in [3.05, 3.63) is 29.3 Å². The Morgan fingerprint density at radius 1 is 1.29 bits per heavy atom. The largest absolute Gasteiger partial charge is 0.496 e. The summed E-state index contributed by atoms with van der Waals surface area (Å²) < 4.78 is 5.27. The van der Waals surface area contributed by atoms with Gasteiger partial charge in [0, 0.05) is 6.54 Å². The summed E-state index contributed by atoms with van der Waals surface area (Å²) in [6.07, 6.45) is 5.67. The maximum atomic E-state index is 5.27. The van der Waals surface area contributed by atoms with Crippen LogP contribution in [0.3, 0.4) is 0 Å². The first kappa shape index (κ1) is 12.4. The van der Waals surface area contributed by atoms with E-state index in [-0.39, 0.29) is 0 Å². The van der Waals surface area contributed by atoms with Gasteiger partial charge in [-0.15, -0.1) is 0 Å². The number of benzene rings is 1. The van der Waals surface area contributed by atoms with Gasteiger partial charge in [-0.25, -0.2) is 0 Å². The van der Waals surface area contributed by atoms with Gasteiger partial charge in [-0.3, -0.25) is 0 Å². The monoisotopic (exact) mass is 233 g/mol. The molecule has 0 atom stereocenters. The maximum absolute atomic E-state index is 5.27. The first-order chi connectivity index (χ1) is 8.29. The highest BCUT2D eigenvalue weighted by molar-refractivity contribution is 5.36. The average Bonchev–Trinajstić information content (AvgIpc) is 2.82. The topological polar surface area (TPSA) is 21.3 Å². The smallest absolute Gasteiger partial charge is 0.121 e. The molecule has 0 amide bonds. The fourth-order valence-corrected chi connectivity index (χ4v) is 2.69. The van der Waals surface area contributed by atoms with Crippen molar-refractivity contribution in [1.82, 2.24) is 5.32 Å². The molecule has 0 unspecified atom stereocenters. The third-order valence-corrected chi connectivity index (χ3v) is 3.70. The van der Waals surface area contributed by atoms with Gasteiger partial charge < -0.3 is 10.1 Å². The zero-order chi connectivity index (χ0) is 12.1. The lowest BCUT2D eigenvalue weighted by Crippen LogP contribution is -2.20.